The van der Waals surface area contributed by atoms with Crippen molar-refractivity contribution in [2.75, 3.05) is 18.5 Å². The molecule has 0 unspecified atom stereocenters. The highest BCUT2D eigenvalue weighted by molar-refractivity contribution is 5.95. The number of aromatic nitrogens is 1. The molecule has 0 aromatic carbocycles. The third-order valence-corrected chi connectivity index (χ3v) is 2.53. The van der Waals surface area contributed by atoms with Gasteiger partial charge in [-0.05, 0) is 25.5 Å². The van der Waals surface area contributed by atoms with Gasteiger partial charge in [-0.3, -0.25) is 4.79 Å². The molecular weight excluding hydrogens is 188 g/mol. The molecule has 1 aromatic heterocycles. The summed E-state index contributed by atoms with van der Waals surface area (Å²) in [6.07, 6.45) is 2.20. The van der Waals surface area contributed by atoms with Gasteiger partial charge in [-0.2, -0.15) is 0 Å². The molecule has 0 aliphatic rings. The third-order valence-electron chi connectivity index (χ3n) is 2.53. The summed E-state index contributed by atoms with van der Waals surface area (Å²) >= 11 is 0. The second-order valence-electron chi connectivity index (χ2n) is 3.66. The molecule has 1 heterocycles. The van der Waals surface area contributed by atoms with Gasteiger partial charge in [0.25, 0.3) is 0 Å². The second-order valence-corrected chi connectivity index (χ2v) is 3.66. The first-order valence-electron chi connectivity index (χ1n) is 5.31. The molecular formula is C12H18N2O. The number of carbonyl (C=O) groups is 1. The number of ketones is 1. The van der Waals surface area contributed by atoms with E-state index in [4.69, 9.17) is 0 Å². The molecule has 3 nitrogen and oxygen atoms in total. The van der Waals surface area contributed by atoms with E-state index in [1.807, 2.05) is 27.0 Å². The van der Waals surface area contributed by atoms with E-state index in [9.17, 15) is 4.79 Å². The zero-order valence-electron chi connectivity index (χ0n) is 9.87. The fourth-order valence-electron chi connectivity index (χ4n) is 1.47. The average Bonchev–Trinajstić information content (AvgIpc) is 2.26. The van der Waals surface area contributed by atoms with Crippen LogP contribution in [0, 0.1) is 6.92 Å². The van der Waals surface area contributed by atoms with Crippen LogP contribution in [0.1, 0.15) is 36.2 Å². The van der Waals surface area contributed by atoms with E-state index in [0.29, 0.717) is 12.0 Å². The molecule has 3 heteroatoms. The molecule has 1 aromatic rings. The summed E-state index contributed by atoms with van der Waals surface area (Å²) in [5.74, 6) is 1.10. The predicted molar refractivity (Wildman–Crippen MR) is 62.5 cm³/mol. The highest BCUT2D eigenvalue weighted by Crippen LogP contribution is 2.17. The van der Waals surface area contributed by atoms with E-state index in [-0.39, 0.29) is 5.78 Å². The lowest BCUT2D eigenvalue weighted by molar-refractivity contribution is 0.0988. The number of aryl methyl sites for hydroxylation is 1. The van der Waals surface area contributed by atoms with Crippen LogP contribution < -0.4 is 4.90 Å². The first kappa shape index (κ1) is 11.7. The van der Waals surface area contributed by atoms with Gasteiger partial charge in [-0.15, -0.1) is 0 Å². The van der Waals surface area contributed by atoms with Crippen molar-refractivity contribution in [2.45, 2.75) is 27.2 Å². The lowest BCUT2D eigenvalue weighted by Crippen LogP contribution is -2.18. The van der Waals surface area contributed by atoms with Gasteiger partial charge in [-0.1, -0.05) is 6.92 Å². The maximum absolute atomic E-state index is 11.5. The van der Waals surface area contributed by atoms with E-state index < -0.39 is 0 Å². The summed E-state index contributed by atoms with van der Waals surface area (Å²) < 4.78 is 0. The first-order valence-corrected chi connectivity index (χ1v) is 5.31. The summed E-state index contributed by atoms with van der Waals surface area (Å²) in [6, 6.07) is 1.92. The Morgan fingerprint density at radius 1 is 1.47 bits per heavy atom. The third kappa shape index (κ3) is 2.55. The van der Waals surface area contributed by atoms with Gasteiger partial charge >= 0.3 is 0 Å². The van der Waals surface area contributed by atoms with Crippen LogP contribution in [0.25, 0.3) is 0 Å². The van der Waals surface area contributed by atoms with Crippen molar-refractivity contribution in [1.82, 2.24) is 4.98 Å². The summed E-state index contributed by atoms with van der Waals surface area (Å²) in [7, 11) is 2.00. The number of Topliss-reactive ketones (excluding diaryl/α,β-unsaturated/α-hetero) is 1. The standard InChI is InChI=1S/C12H18N2O/c1-5-11(15)10-7-9(3)12(13-8-10)14(4)6-2/h7-8H,5-6H2,1-4H3. The molecule has 15 heavy (non-hydrogen) atoms. The van der Waals surface area contributed by atoms with Gasteiger partial charge < -0.3 is 4.90 Å². The Balaban J connectivity index is 3.03. The molecule has 0 radical (unpaired) electrons. The van der Waals surface area contributed by atoms with Gasteiger partial charge in [0, 0.05) is 31.8 Å². The Labute approximate surface area is 91.1 Å². The maximum Gasteiger partial charge on any atom is 0.164 e. The van der Waals surface area contributed by atoms with Crippen molar-refractivity contribution < 1.29 is 4.79 Å². The molecule has 0 N–H and O–H groups in total. The SMILES string of the molecule is CCC(=O)c1cnc(N(C)CC)c(C)c1. The van der Waals surface area contributed by atoms with Crippen LogP contribution in [0.15, 0.2) is 12.3 Å². The summed E-state index contributed by atoms with van der Waals surface area (Å²) in [6.45, 7) is 6.84. The molecule has 0 bridgehead atoms. The fraction of sp³-hybridized carbons (Fsp3) is 0.500. The molecule has 0 amide bonds. The van der Waals surface area contributed by atoms with Crippen LogP contribution in [0.4, 0.5) is 5.82 Å². The van der Waals surface area contributed by atoms with Crippen LogP contribution >= 0.6 is 0 Å². The number of pyridine rings is 1. The summed E-state index contributed by atoms with van der Waals surface area (Å²) in [4.78, 5) is 17.9. The zero-order valence-corrected chi connectivity index (χ0v) is 9.87. The minimum Gasteiger partial charge on any atom is -0.360 e. The Kier molecular flexibility index (Phi) is 3.83. The Bertz CT molecular complexity index is 361. The van der Waals surface area contributed by atoms with E-state index in [0.717, 1.165) is 17.9 Å². The Morgan fingerprint density at radius 3 is 2.60 bits per heavy atom. The maximum atomic E-state index is 11.5. The smallest absolute Gasteiger partial charge is 0.164 e. The minimum atomic E-state index is 0.149. The van der Waals surface area contributed by atoms with Crippen LogP contribution in [-0.4, -0.2) is 24.4 Å². The minimum absolute atomic E-state index is 0.149. The van der Waals surface area contributed by atoms with Crippen molar-refractivity contribution in [3.8, 4) is 0 Å². The monoisotopic (exact) mass is 206 g/mol. The highest BCUT2D eigenvalue weighted by Gasteiger charge is 2.08. The number of rotatable bonds is 4. The van der Waals surface area contributed by atoms with Gasteiger partial charge in [-0.25, -0.2) is 4.98 Å². The van der Waals surface area contributed by atoms with Gasteiger partial charge in [0.15, 0.2) is 5.78 Å². The molecule has 0 saturated carbocycles. The average molecular weight is 206 g/mol. The zero-order chi connectivity index (χ0) is 11.4. The number of hydrogen-bond donors (Lipinski definition) is 0. The molecule has 0 aliphatic carbocycles. The molecule has 0 fully saturated rings. The van der Waals surface area contributed by atoms with Gasteiger partial charge in [0.05, 0.1) is 0 Å². The van der Waals surface area contributed by atoms with Crippen molar-refractivity contribution >= 4 is 11.6 Å². The second kappa shape index (κ2) is 4.91. The van der Waals surface area contributed by atoms with Gasteiger partial charge in [0.1, 0.15) is 5.82 Å². The molecule has 0 aliphatic heterocycles. The lowest BCUT2D eigenvalue weighted by Gasteiger charge is -2.18. The number of hydrogen-bond acceptors (Lipinski definition) is 3. The van der Waals surface area contributed by atoms with Crippen molar-refractivity contribution in [3.05, 3.63) is 23.4 Å². The topological polar surface area (TPSA) is 33.2 Å². The fourth-order valence-corrected chi connectivity index (χ4v) is 1.47. The largest absolute Gasteiger partial charge is 0.360 e. The normalized spacial score (nSPS) is 10.1. The number of carbonyl (C=O) groups excluding carboxylic acids is 1. The van der Waals surface area contributed by atoms with E-state index in [1.54, 1.807) is 6.20 Å². The molecule has 0 saturated heterocycles. The first-order chi connectivity index (χ1) is 7.10. The van der Waals surface area contributed by atoms with E-state index in [1.165, 1.54) is 0 Å². The van der Waals surface area contributed by atoms with Crippen LogP contribution in [0.3, 0.4) is 0 Å². The van der Waals surface area contributed by atoms with Crippen LogP contribution in [0.2, 0.25) is 0 Å². The van der Waals surface area contributed by atoms with Crippen molar-refractivity contribution in [2.24, 2.45) is 0 Å². The molecule has 1 rings (SSSR count). The predicted octanol–water partition coefficient (Wildman–Crippen LogP) is 2.44. The Hall–Kier alpha value is -1.38. The highest BCUT2D eigenvalue weighted by atomic mass is 16.1. The van der Waals surface area contributed by atoms with Crippen LogP contribution in [-0.2, 0) is 0 Å². The van der Waals surface area contributed by atoms with E-state index in [2.05, 4.69) is 16.8 Å². The Morgan fingerprint density at radius 2 is 2.13 bits per heavy atom. The van der Waals surface area contributed by atoms with Crippen LogP contribution in [0.5, 0.6) is 0 Å². The molecule has 0 spiro atoms. The lowest BCUT2D eigenvalue weighted by atomic mass is 10.1. The van der Waals surface area contributed by atoms with Gasteiger partial charge in [0.2, 0.25) is 0 Å². The number of nitrogens with zero attached hydrogens (tertiary/aromatic N) is 2. The number of anilines is 1. The quantitative estimate of drug-likeness (QED) is 0.709. The van der Waals surface area contributed by atoms with Crippen molar-refractivity contribution in [3.63, 3.8) is 0 Å². The van der Waals surface area contributed by atoms with Crippen molar-refractivity contribution in [1.29, 1.82) is 0 Å². The molecule has 0 atom stereocenters. The summed E-state index contributed by atoms with van der Waals surface area (Å²) in [5.41, 5.74) is 1.77. The van der Waals surface area contributed by atoms with E-state index >= 15 is 0 Å². The molecule has 82 valence electrons. The summed E-state index contributed by atoms with van der Waals surface area (Å²) in [5, 5.41) is 0.